The van der Waals surface area contributed by atoms with Gasteiger partial charge >= 0.3 is 6.18 Å². The summed E-state index contributed by atoms with van der Waals surface area (Å²) in [6.07, 6.45) is -3.30. The molecule has 0 spiro atoms. The van der Waals surface area contributed by atoms with Crippen molar-refractivity contribution in [2.45, 2.75) is 32.6 Å². The summed E-state index contributed by atoms with van der Waals surface area (Å²) in [4.78, 5) is 16.4. The van der Waals surface area contributed by atoms with E-state index in [-0.39, 0.29) is 28.5 Å². The van der Waals surface area contributed by atoms with Crippen LogP contribution in [0.15, 0.2) is 35.1 Å². The molecule has 0 radical (unpaired) electrons. The van der Waals surface area contributed by atoms with Gasteiger partial charge in [-0.2, -0.15) is 18.3 Å². The lowest BCUT2D eigenvalue weighted by Gasteiger charge is -2.13. The molecule has 0 bridgehead atoms. The van der Waals surface area contributed by atoms with Crippen LogP contribution < -0.4 is 5.32 Å². The van der Waals surface area contributed by atoms with Gasteiger partial charge in [-0.15, -0.1) is 5.10 Å². The zero-order valence-electron chi connectivity index (χ0n) is 15.2. The molecule has 0 aliphatic heterocycles. The van der Waals surface area contributed by atoms with Crippen molar-refractivity contribution in [3.05, 3.63) is 57.8 Å². The van der Waals surface area contributed by atoms with E-state index in [0.29, 0.717) is 5.56 Å². The highest BCUT2D eigenvalue weighted by molar-refractivity contribution is 9.10. The van der Waals surface area contributed by atoms with E-state index in [1.54, 1.807) is 12.1 Å². The Morgan fingerprint density at radius 3 is 2.66 bits per heavy atom. The molecule has 12 heteroatoms. The number of amides is 1. The van der Waals surface area contributed by atoms with Crippen molar-refractivity contribution in [1.82, 2.24) is 24.5 Å². The summed E-state index contributed by atoms with van der Waals surface area (Å²) < 4.78 is 54.4. The van der Waals surface area contributed by atoms with Crippen molar-refractivity contribution in [1.29, 1.82) is 0 Å². The lowest BCUT2D eigenvalue weighted by Crippen LogP contribution is -2.26. The van der Waals surface area contributed by atoms with E-state index in [1.807, 2.05) is 0 Å². The molecule has 154 valence electrons. The minimum atomic E-state index is -4.65. The summed E-state index contributed by atoms with van der Waals surface area (Å²) >= 11 is 2.87. The smallest absolute Gasteiger partial charge is 0.291 e. The molecular weight excluding hydrogens is 460 g/mol. The molecule has 29 heavy (non-hydrogen) atoms. The monoisotopic (exact) mass is 474 g/mol. The lowest BCUT2D eigenvalue weighted by atomic mass is 10.2. The van der Waals surface area contributed by atoms with Crippen molar-refractivity contribution < 1.29 is 22.4 Å². The van der Waals surface area contributed by atoms with E-state index in [4.69, 9.17) is 0 Å². The second-order valence-electron chi connectivity index (χ2n) is 6.25. The summed E-state index contributed by atoms with van der Waals surface area (Å²) in [6.45, 7) is 3.06. The average Bonchev–Trinajstić information content (AvgIpc) is 3.19. The van der Waals surface area contributed by atoms with Crippen LogP contribution in [-0.4, -0.2) is 30.5 Å². The van der Waals surface area contributed by atoms with Gasteiger partial charge in [-0.1, -0.05) is 12.1 Å². The minimum Gasteiger partial charge on any atom is -0.291 e. The fourth-order valence-electron chi connectivity index (χ4n) is 2.63. The van der Waals surface area contributed by atoms with E-state index in [1.165, 1.54) is 37.0 Å². The number of aromatic nitrogens is 5. The molecule has 2 heterocycles. The number of hydrogen-bond donors (Lipinski definition) is 1. The molecule has 0 saturated heterocycles. The summed E-state index contributed by atoms with van der Waals surface area (Å²) in [5.41, 5.74) is -0.297. The Morgan fingerprint density at radius 2 is 2.03 bits per heavy atom. The third kappa shape index (κ3) is 4.63. The van der Waals surface area contributed by atoms with Crippen LogP contribution in [0.3, 0.4) is 0 Å². The van der Waals surface area contributed by atoms with Crippen LogP contribution in [0.5, 0.6) is 0 Å². The third-order valence-corrected chi connectivity index (χ3v) is 5.05. The van der Waals surface area contributed by atoms with Crippen molar-refractivity contribution in [3.8, 4) is 0 Å². The SMILES string of the molecule is Cc1c(Br)c(C(F)(F)F)nn1C(C)C(=O)Nc1ncn(Cc2cccc(F)c2)n1. The summed E-state index contributed by atoms with van der Waals surface area (Å²) in [7, 11) is 0. The minimum absolute atomic E-state index is 0.0295. The van der Waals surface area contributed by atoms with Gasteiger partial charge < -0.3 is 0 Å². The number of halogens is 5. The largest absolute Gasteiger partial charge is 0.436 e. The second-order valence-corrected chi connectivity index (χ2v) is 7.04. The number of carbonyl (C=O) groups excluding carboxylic acids is 1. The Balaban J connectivity index is 1.72. The third-order valence-electron chi connectivity index (χ3n) is 4.10. The van der Waals surface area contributed by atoms with Crippen LogP contribution >= 0.6 is 15.9 Å². The number of hydrogen-bond acceptors (Lipinski definition) is 4. The first-order chi connectivity index (χ1) is 13.6. The van der Waals surface area contributed by atoms with Gasteiger partial charge in [-0.25, -0.2) is 14.1 Å². The topological polar surface area (TPSA) is 77.6 Å². The molecule has 1 unspecified atom stereocenters. The van der Waals surface area contributed by atoms with Crippen LogP contribution in [0.2, 0.25) is 0 Å². The Kier molecular flexibility index (Phi) is 5.73. The van der Waals surface area contributed by atoms with E-state index in [0.717, 1.165) is 4.68 Å². The van der Waals surface area contributed by atoms with Crippen LogP contribution in [0.4, 0.5) is 23.5 Å². The zero-order chi connectivity index (χ0) is 21.3. The lowest BCUT2D eigenvalue weighted by molar-refractivity contribution is -0.142. The van der Waals surface area contributed by atoms with Gasteiger partial charge in [0.05, 0.1) is 16.7 Å². The zero-order valence-corrected chi connectivity index (χ0v) is 16.8. The molecule has 1 amide bonds. The highest BCUT2D eigenvalue weighted by Gasteiger charge is 2.39. The van der Waals surface area contributed by atoms with E-state index >= 15 is 0 Å². The number of anilines is 1. The molecule has 1 aromatic carbocycles. The van der Waals surface area contributed by atoms with Crippen molar-refractivity contribution in [3.63, 3.8) is 0 Å². The Hall–Kier alpha value is -2.76. The maximum Gasteiger partial charge on any atom is 0.436 e. The highest BCUT2D eigenvalue weighted by Crippen LogP contribution is 2.36. The summed E-state index contributed by atoms with van der Waals surface area (Å²) in [5, 5.41) is 10.0. The van der Waals surface area contributed by atoms with Crippen LogP contribution in [0, 0.1) is 12.7 Å². The molecule has 0 aliphatic carbocycles. The predicted molar refractivity (Wildman–Crippen MR) is 98.5 cm³/mol. The van der Waals surface area contributed by atoms with Gasteiger partial charge in [0.25, 0.3) is 5.91 Å². The Labute approximate surface area is 170 Å². The molecular formula is C17H15BrF4N6O. The number of rotatable bonds is 5. The normalized spacial score (nSPS) is 12.8. The second kappa shape index (κ2) is 7.93. The molecule has 1 N–H and O–H groups in total. The fourth-order valence-corrected chi connectivity index (χ4v) is 3.12. The molecule has 3 rings (SSSR count). The number of nitrogens with zero attached hydrogens (tertiary/aromatic N) is 5. The highest BCUT2D eigenvalue weighted by atomic mass is 79.9. The van der Waals surface area contributed by atoms with Gasteiger partial charge in [-0.05, 0) is 47.5 Å². The van der Waals surface area contributed by atoms with Crippen molar-refractivity contribution in [2.24, 2.45) is 0 Å². The Bertz CT molecular complexity index is 1040. The number of nitrogens with one attached hydrogen (secondary N) is 1. The maximum absolute atomic E-state index is 13.2. The molecule has 1 atom stereocenters. The van der Waals surface area contributed by atoms with Gasteiger partial charge in [0.1, 0.15) is 18.2 Å². The van der Waals surface area contributed by atoms with E-state index in [2.05, 4.69) is 36.4 Å². The molecule has 0 fully saturated rings. The molecule has 0 aliphatic rings. The van der Waals surface area contributed by atoms with E-state index < -0.39 is 23.8 Å². The summed E-state index contributed by atoms with van der Waals surface area (Å²) in [6, 6.07) is 4.89. The molecule has 0 saturated carbocycles. The first-order valence-electron chi connectivity index (χ1n) is 8.33. The molecule has 3 aromatic rings. The van der Waals surface area contributed by atoms with Gasteiger partial charge in [0.15, 0.2) is 5.69 Å². The summed E-state index contributed by atoms with van der Waals surface area (Å²) in [5.74, 6) is -1.05. The predicted octanol–water partition coefficient (Wildman–Crippen LogP) is 3.95. The number of carbonyl (C=O) groups is 1. The van der Waals surface area contributed by atoms with Crippen molar-refractivity contribution in [2.75, 3.05) is 5.32 Å². The number of benzene rings is 1. The van der Waals surface area contributed by atoms with Gasteiger partial charge in [0.2, 0.25) is 5.95 Å². The quantitative estimate of drug-likeness (QED) is 0.568. The fraction of sp³-hybridized carbons (Fsp3) is 0.294. The average molecular weight is 475 g/mol. The first kappa shape index (κ1) is 21.0. The number of alkyl halides is 3. The maximum atomic E-state index is 13.2. The van der Waals surface area contributed by atoms with Crippen LogP contribution in [-0.2, 0) is 17.5 Å². The Morgan fingerprint density at radius 1 is 1.31 bits per heavy atom. The first-order valence-corrected chi connectivity index (χ1v) is 9.12. The molecule has 7 nitrogen and oxygen atoms in total. The standard InChI is InChI=1S/C17H15BrF4N6O/c1-9-13(18)14(17(20,21)22)25-28(9)10(2)15(29)24-16-23-8-27(26-16)7-11-4-3-5-12(19)6-11/h3-6,8,10H,7H2,1-2H3,(H,24,26,29). The van der Waals surface area contributed by atoms with Gasteiger partial charge in [0, 0.05) is 0 Å². The van der Waals surface area contributed by atoms with Gasteiger partial charge in [-0.3, -0.25) is 14.8 Å². The van der Waals surface area contributed by atoms with Crippen molar-refractivity contribution >= 4 is 27.8 Å². The van der Waals surface area contributed by atoms with Crippen LogP contribution in [0.1, 0.15) is 29.9 Å². The van der Waals surface area contributed by atoms with Crippen LogP contribution in [0.25, 0.3) is 0 Å². The van der Waals surface area contributed by atoms with E-state index in [9.17, 15) is 22.4 Å². The molecule has 2 aromatic heterocycles.